The molecule has 0 bridgehead atoms. The van der Waals surface area contributed by atoms with Crippen LogP contribution in [0, 0.1) is 18.3 Å². The Balaban J connectivity index is 1.59. The largest absolute Gasteiger partial charge is 0.369 e. The molecular weight excluding hydrogens is 430 g/mol. The topological polar surface area (TPSA) is 138 Å². The smallest absolute Gasteiger partial charge is 0.281 e. The van der Waals surface area contributed by atoms with E-state index < -0.39 is 0 Å². The maximum absolute atomic E-state index is 13.4. The first-order valence-corrected chi connectivity index (χ1v) is 10.8. The van der Waals surface area contributed by atoms with Gasteiger partial charge >= 0.3 is 0 Å². The lowest BCUT2D eigenvalue weighted by Gasteiger charge is -2.32. The highest BCUT2D eigenvalue weighted by atomic mass is 35.5. The first-order chi connectivity index (χ1) is 15.5. The third-order valence-electron chi connectivity index (χ3n) is 5.36. The van der Waals surface area contributed by atoms with Gasteiger partial charge in [-0.15, -0.1) is 0 Å². The summed E-state index contributed by atoms with van der Waals surface area (Å²) < 4.78 is 1.67. The molecule has 0 spiro atoms. The van der Waals surface area contributed by atoms with Gasteiger partial charge in [-0.3, -0.25) is 4.79 Å². The summed E-state index contributed by atoms with van der Waals surface area (Å²) in [4.78, 5) is 26.3. The van der Waals surface area contributed by atoms with Crippen LogP contribution in [0.3, 0.4) is 0 Å². The van der Waals surface area contributed by atoms with E-state index in [1.54, 1.807) is 29.8 Å². The van der Waals surface area contributed by atoms with E-state index in [1.807, 2.05) is 5.01 Å². The van der Waals surface area contributed by atoms with E-state index in [-0.39, 0.29) is 11.5 Å². The molecule has 3 heterocycles. The monoisotopic (exact) mass is 453 g/mol. The lowest BCUT2D eigenvalue weighted by molar-refractivity contribution is 0.465. The Morgan fingerprint density at radius 1 is 1.28 bits per heavy atom. The Morgan fingerprint density at radius 3 is 2.81 bits per heavy atom. The predicted molar refractivity (Wildman–Crippen MR) is 125 cm³/mol. The quantitative estimate of drug-likeness (QED) is 0.469. The number of rotatable bonds is 6. The highest BCUT2D eigenvalue weighted by Gasteiger charge is 2.19. The maximum atomic E-state index is 13.4. The van der Waals surface area contributed by atoms with E-state index in [2.05, 4.69) is 26.7 Å². The summed E-state index contributed by atoms with van der Waals surface area (Å²) in [5.41, 5.74) is 7.05. The molecule has 166 valence electrons. The van der Waals surface area contributed by atoms with Gasteiger partial charge in [0, 0.05) is 39.1 Å². The molecule has 1 aliphatic rings. The molecule has 1 fully saturated rings. The molecule has 0 unspecified atom stereocenters. The fourth-order valence-electron chi connectivity index (χ4n) is 3.84. The van der Waals surface area contributed by atoms with Crippen molar-refractivity contribution in [3.8, 4) is 6.07 Å². The molecule has 1 aromatic carbocycles. The van der Waals surface area contributed by atoms with E-state index >= 15 is 0 Å². The summed E-state index contributed by atoms with van der Waals surface area (Å²) in [6, 6.07) is 7.42. The standard InChI is InChI=1S/C21H24ClN9O/c1-13-14(12-23)19(29-21(24)27-13)26-7-3-6-17-28-16-5-2-4-15(22)18(16)20(32)31(17)30-10-8-25-9-11-30/h2,4-5,25H,3,6-11H2,1H3,(H3,24,26,27,29). The van der Waals surface area contributed by atoms with Crippen LogP contribution in [0.15, 0.2) is 23.0 Å². The molecule has 2 aromatic heterocycles. The van der Waals surface area contributed by atoms with E-state index in [1.165, 1.54) is 0 Å². The summed E-state index contributed by atoms with van der Waals surface area (Å²) >= 11 is 6.33. The summed E-state index contributed by atoms with van der Waals surface area (Å²) in [7, 11) is 0. The van der Waals surface area contributed by atoms with E-state index in [9.17, 15) is 10.1 Å². The Hall–Kier alpha value is -3.42. The van der Waals surface area contributed by atoms with Gasteiger partial charge in [0.1, 0.15) is 23.3 Å². The van der Waals surface area contributed by atoms with Crippen LogP contribution in [-0.4, -0.2) is 52.4 Å². The first kappa shape index (κ1) is 21.8. The van der Waals surface area contributed by atoms with Crippen LogP contribution in [0.25, 0.3) is 10.9 Å². The number of piperazine rings is 1. The molecule has 11 heteroatoms. The third kappa shape index (κ3) is 4.30. The zero-order valence-electron chi connectivity index (χ0n) is 17.7. The molecule has 0 saturated carbocycles. The number of nitriles is 1. The lowest BCUT2D eigenvalue weighted by atomic mass is 10.2. The molecule has 0 radical (unpaired) electrons. The molecule has 0 amide bonds. The van der Waals surface area contributed by atoms with Crippen LogP contribution in [0.1, 0.15) is 23.5 Å². The molecule has 0 aliphatic carbocycles. The Kier molecular flexibility index (Phi) is 6.39. The Bertz CT molecular complexity index is 1240. The normalized spacial score (nSPS) is 13.8. The second-order valence-electron chi connectivity index (χ2n) is 7.52. The second kappa shape index (κ2) is 9.38. The molecule has 3 aromatic rings. The van der Waals surface area contributed by atoms with Crippen molar-refractivity contribution < 1.29 is 0 Å². The zero-order valence-corrected chi connectivity index (χ0v) is 18.5. The maximum Gasteiger partial charge on any atom is 0.281 e. The fourth-order valence-corrected chi connectivity index (χ4v) is 4.09. The van der Waals surface area contributed by atoms with Crippen LogP contribution in [0.5, 0.6) is 0 Å². The molecular formula is C21H24ClN9O. The van der Waals surface area contributed by atoms with Crippen LogP contribution >= 0.6 is 11.6 Å². The number of hydrogen-bond acceptors (Lipinski definition) is 9. The number of aromatic nitrogens is 4. The van der Waals surface area contributed by atoms with Gasteiger partial charge in [-0.1, -0.05) is 17.7 Å². The van der Waals surface area contributed by atoms with E-state index in [0.29, 0.717) is 71.3 Å². The minimum Gasteiger partial charge on any atom is -0.369 e. The highest BCUT2D eigenvalue weighted by molar-refractivity contribution is 6.35. The van der Waals surface area contributed by atoms with Crippen LogP contribution in [0.4, 0.5) is 11.8 Å². The molecule has 10 nitrogen and oxygen atoms in total. The fraction of sp³-hybridized carbons (Fsp3) is 0.381. The number of benzene rings is 1. The number of hydrogen-bond donors (Lipinski definition) is 3. The van der Waals surface area contributed by atoms with Gasteiger partial charge in [0.2, 0.25) is 5.95 Å². The number of nitrogens with zero attached hydrogens (tertiary/aromatic N) is 6. The van der Waals surface area contributed by atoms with Crippen molar-refractivity contribution in [2.45, 2.75) is 19.8 Å². The number of nitrogen functional groups attached to an aromatic ring is 1. The van der Waals surface area contributed by atoms with Crippen LogP contribution in [0.2, 0.25) is 5.02 Å². The summed E-state index contributed by atoms with van der Waals surface area (Å²) in [5.74, 6) is 1.20. The summed E-state index contributed by atoms with van der Waals surface area (Å²) in [6.07, 6.45) is 1.22. The molecule has 0 atom stereocenters. The van der Waals surface area contributed by atoms with Crippen molar-refractivity contribution in [1.29, 1.82) is 5.26 Å². The summed E-state index contributed by atoms with van der Waals surface area (Å²) in [5, 5.41) is 18.7. The minimum absolute atomic E-state index is 0.115. The average Bonchev–Trinajstić information content (AvgIpc) is 2.77. The van der Waals surface area contributed by atoms with Gasteiger partial charge in [-0.2, -0.15) is 10.2 Å². The SMILES string of the molecule is Cc1nc(N)nc(NCCCc2nc3cccc(Cl)c3c(=O)n2N2CCNCC2)c1C#N. The molecule has 1 saturated heterocycles. The van der Waals surface area contributed by atoms with Gasteiger partial charge < -0.3 is 21.4 Å². The number of anilines is 2. The van der Waals surface area contributed by atoms with Gasteiger partial charge in [-0.05, 0) is 25.5 Å². The van der Waals surface area contributed by atoms with Crippen molar-refractivity contribution in [2.75, 3.05) is 48.8 Å². The third-order valence-corrected chi connectivity index (χ3v) is 5.67. The average molecular weight is 454 g/mol. The molecule has 4 rings (SSSR count). The van der Waals surface area contributed by atoms with Gasteiger partial charge in [0.25, 0.3) is 5.56 Å². The van der Waals surface area contributed by atoms with Gasteiger partial charge in [0.05, 0.1) is 21.6 Å². The molecule has 1 aliphatic heterocycles. The van der Waals surface area contributed by atoms with E-state index in [4.69, 9.17) is 22.3 Å². The Morgan fingerprint density at radius 2 is 2.06 bits per heavy atom. The van der Waals surface area contributed by atoms with Crippen LogP contribution < -0.4 is 26.9 Å². The minimum atomic E-state index is -0.156. The van der Waals surface area contributed by atoms with Gasteiger partial charge in [0.15, 0.2) is 0 Å². The number of aryl methyl sites for hydroxylation is 2. The second-order valence-corrected chi connectivity index (χ2v) is 7.92. The molecule has 4 N–H and O–H groups in total. The van der Waals surface area contributed by atoms with Crippen molar-refractivity contribution in [1.82, 2.24) is 24.9 Å². The van der Waals surface area contributed by atoms with Crippen LogP contribution in [-0.2, 0) is 6.42 Å². The van der Waals surface area contributed by atoms with E-state index in [0.717, 1.165) is 13.1 Å². The molecule has 32 heavy (non-hydrogen) atoms. The highest BCUT2D eigenvalue weighted by Crippen LogP contribution is 2.20. The predicted octanol–water partition coefficient (Wildman–Crippen LogP) is 1.19. The van der Waals surface area contributed by atoms with Crippen molar-refractivity contribution >= 4 is 34.3 Å². The van der Waals surface area contributed by atoms with Crippen molar-refractivity contribution in [3.05, 3.63) is 50.7 Å². The van der Waals surface area contributed by atoms with Crippen molar-refractivity contribution in [3.63, 3.8) is 0 Å². The zero-order chi connectivity index (χ0) is 22.7. The Labute approximate surface area is 190 Å². The number of fused-ring (bicyclic) bond motifs is 1. The summed E-state index contributed by atoms with van der Waals surface area (Å²) in [6.45, 7) is 5.23. The number of halogens is 1. The van der Waals surface area contributed by atoms with Gasteiger partial charge in [-0.25, -0.2) is 14.6 Å². The number of nitrogens with two attached hydrogens (primary N) is 1. The first-order valence-electron chi connectivity index (χ1n) is 10.4. The van der Waals surface area contributed by atoms with Crippen molar-refractivity contribution in [2.24, 2.45) is 0 Å². The lowest BCUT2D eigenvalue weighted by Crippen LogP contribution is -2.54. The number of nitrogens with one attached hydrogen (secondary N) is 2.